The first-order valence-electron chi connectivity index (χ1n) is 5.59. The molecular weight excluding hydrogens is 204 g/mol. The van der Waals surface area contributed by atoms with Gasteiger partial charge in [-0.1, -0.05) is 0 Å². The molecule has 1 unspecified atom stereocenters. The van der Waals surface area contributed by atoms with Crippen molar-refractivity contribution in [3.63, 3.8) is 0 Å². The average molecular weight is 226 g/mol. The van der Waals surface area contributed by atoms with Crippen LogP contribution in [0.2, 0.25) is 0 Å². The van der Waals surface area contributed by atoms with Crippen molar-refractivity contribution in [3.8, 4) is 0 Å². The number of nitrogens with one attached hydrogen (secondary N) is 1. The average Bonchev–Trinajstić information content (AvgIpc) is 2.58. The number of aliphatic hydroxyl groups excluding tert-OH is 1. The van der Waals surface area contributed by atoms with Crippen LogP contribution < -0.4 is 5.32 Å². The van der Waals surface area contributed by atoms with Gasteiger partial charge >= 0.3 is 0 Å². The summed E-state index contributed by atoms with van der Waals surface area (Å²) in [6, 6.07) is 0. The van der Waals surface area contributed by atoms with Crippen molar-refractivity contribution < 1.29 is 5.11 Å². The monoisotopic (exact) mass is 226 g/mol. The summed E-state index contributed by atoms with van der Waals surface area (Å²) in [6.07, 6.45) is 4.53. The summed E-state index contributed by atoms with van der Waals surface area (Å²) in [5, 5.41) is 16.9. The highest BCUT2D eigenvalue weighted by atomic mass is 16.3. The lowest BCUT2D eigenvalue weighted by Crippen LogP contribution is -2.35. The normalized spacial score (nSPS) is 13.3. The number of hydrogen-bond acceptors (Lipinski definition) is 4. The molecular formula is C11H22N4O. The van der Waals surface area contributed by atoms with E-state index in [4.69, 9.17) is 0 Å². The van der Waals surface area contributed by atoms with Gasteiger partial charge in [0.2, 0.25) is 0 Å². The van der Waals surface area contributed by atoms with E-state index in [1.165, 1.54) is 5.56 Å². The summed E-state index contributed by atoms with van der Waals surface area (Å²) in [5.41, 5.74) is 1.22. The molecule has 0 aliphatic carbocycles. The maximum atomic E-state index is 9.60. The molecule has 0 spiro atoms. The molecule has 1 heterocycles. The van der Waals surface area contributed by atoms with E-state index in [1.807, 2.05) is 38.4 Å². The van der Waals surface area contributed by atoms with Crippen LogP contribution in [0.1, 0.15) is 5.56 Å². The van der Waals surface area contributed by atoms with Crippen LogP contribution >= 0.6 is 0 Å². The lowest BCUT2D eigenvalue weighted by atomic mass is 10.2. The van der Waals surface area contributed by atoms with Crippen LogP contribution in [0.4, 0.5) is 0 Å². The Morgan fingerprint density at radius 2 is 2.31 bits per heavy atom. The fraction of sp³-hybridized carbons (Fsp3) is 0.727. The summed E-state index contributed by atoms with van der Waals surface area (Å²) >= 11 is 0. The predicted octanol–water partition coefficient (Wildman–Crippen LogP) is -0.525. The molecule has 1 aromatic heterocycles. The molecule has 0 radical (unpaired) electrons. The first kappa shape index (κ1) is 13.2. The molecule has 5 nitrogen and oxygen atoms in total. The van der Waals surface area contributed by atoms with Crippen molar-refractivity contribution >= 4 is 0 Å². The molecule has 16 heavy (non-hydrogen) atoms. The number of nitrogens with zero attached hydrogens (tertiary/aromatic N) is 3. The fourth-order valence-corrected chi connectivity index (χ4v) is 1.59. The minimum atomic E-state index is -0.302. The van der Waals surface area contributed by atoms with Crippen molar-refractivity contribution in [1.82, 2.24) is 20.0 Å². The lowest BCUT2D eigenvalue weighted by Gasteiger charge is -2.16. The maximum Gasteiger partial charge on any atom is 0.0791 e. The molecule has 2 N–H and O–H groups in total. The fourth-order valence-electron chi connectivity index (χ4n) is 1.59. The van der Waals surface area contributed by atoms with Gasteiger partial charge in [-0.2, -0.15) is 5.10 Å². The Balaban J connectivity index is 2.07. The van der Waals surface area contributed by atoms with Gasteiger partial charge in [0.15, 0.2) is 0 Å². The van der Waals surface area contributed by atoms with Gasteiger partial charge < -0.3 is 15.3 Å². The van der Waals surface area contributed by atoms with Crippen molar-refractivity contribution in [3.05, 3.63) is 18.0 Å². The van der Waals surface area contributed by atoms with Crippen molar-refractivity contribution in [1.29, 1.82) is 0 Å². The second-order valence-electron chi connectivity index (χ2n) is 4.39. The van der Waals surface area contributed by atoms with Gasteiger partial charge in [-0.15, -0.1) is 0 Å². The molecule has 1 atom stereocenters. The Labute approximate surface area is 97.1 Å². The molecule has 1 aromatic rings. The van der Waals surface area contributed by atoms with E-state index in [0.29, 0.717) is 13.1 Å². The highest BCUT2D eigenvalue weighted by molar-refractivity contribution is 5.03. The number of aliphatic hydroxyl groups is 1. The third-order valence-electron chi connectivity index (χ3n) is 2.30. The number of aromatic nitrogens is 2. The van der Waals surface area contributed by atoms with E-state index in [1.54, 1.807) is 4.68 Å². The maximum absolute atomic E-state index is 9.60. The van der Waals surface area contributed by atoms with Crippen molar-refractivity contribution in [2.45, 2.75) is 12.5 Å². The standard InChI is InChI=1S/C11H22N4O/c1-14(2)9-11(16)7-12-5-4-10-6-13-15(3)8-10/h6,8,11-12,16H,4-5,7,9H2,1-3H3. The zero-order valence-electron chi connectivity index (χ0n) is 10.3. The minimum absolute atomic E-state index is 0.302. The third kappa shape index (κ3) is 5.25. The van der Waals surface area contributed by atoms with Gasteiger partial charge in [0.1, 0.15) is 0 Å². The van der Waals surface area contributed by atoms with E-state index in [0.717, 1.165) is 13.0 Å². The zero-order valence-corrected chi connectivity index (χ0v) is 10.3. The molecule has 1 rings (SSSR count). The zero-order chi connectivity index (χ0) is 12.0. The number of hydrogen-bond donors (Lipinski definition) is 2. The SMILES string of the molecule is CN(C)CC(O)CNCCc1cnn(C)c1. The molecule has 0 aliphatic heterocycles. The molecule has 0 aromatic carbocycles. The van der Waals surface area contributed by atoms with E-state index < -0.39 is 0 Å². The van der Waals surface area contributed by atoms with E-state index in [2.05, 4.69) is 10.4 Å². The Morgan fingerprint density at radius 1 is 1.56 bits per heavy atom. The van der Waals surface area contributed by atoms with Crippen LogP contribution in [0.15, 0.2) is 12.4 Å². The van der Waals surface area contributed by atoms with Crippen LogP contribution in [0.25, 0.3) is 0 Å². The molecule has 0 saturated carbocycles. The lowest BCUT2D eigenvalue weighted by molar-refractivity contribution is 0.135. The molecule has 0 fully saturated rings. The van der Waals surface area contributed by atoms with Crippen molar-refractivity contribution in [2.24, 2.45) is 7.05 Å². The van der Waals surface area contributed by atoms with Gasteiger partial charge in [-0.05, 0) is 32.6 Å². The third-order valence-corrected chi connectivity index (χ3v) is 2.30. The molecule has 0 aliphatic rings. The van der Waals surface area contributed by atoms with Crippen LogP contribution in [0.3, 0.4) is 0 Å². The molecule has 0 bridgehead atoms. The van der Waals surface area contributed by atoms with Gasteiger partial charge in [-0.25, -0.2) is 0 Å². The van der Waals surface area contributed by atoms with Crippen molar-refractivity contribution in [2.75, 3.05) is 33.7 Å². The number of rotatable bonds is 7. The molecule has 5 heteroatoms. The first-order chi connectivity index (χ1) is 7.58. The Hall–Kier alpha value is -0.910. The highest BCUT2D eigenvalue weighted by Crippen LogP contribution is 1.96. The second-order valence-corrected chi connectivity index (χ2v) is 4.39. The van der Waals surface area contributed by atoms with Gasteiger partial charge in [0.05, 0.1) is 12.3 Å². The van der Waals surface area contributed by atoms with Crippen LogP contribution in [-0.4, -0.2) is 59.6 Å². The Kier molecular flexibility index (Phi) is 5.45. The van der Waals surface area contributed by atoms with Crippen LogP contribution in [-0.2, 0) is 13.5 Å². The van der Waals surface area contributed by atoms with Crippen LogP contribution in [0, 0.1) is 0 Å². The Morgan fingerprint density at radius 3 is 2.88 bits per heavy atom. The van der Waals surface area contributed by atoms with Crippen LogP contribution in [0.5, 0.6) is 0 Å². The summed E-state index contributed by atoms with van der Waals surface area (Å²) in [6.45, 7) is 2.20. The number of likely N-dealkylation sites (N-methyl/N-ethyl adjacent to an activating group) is 1. The van der Waals surface area contributed by atoms with Gasteiger partial charge in [0, 0.05) is 26.3 Å². The smallest absolute Gasteiger partial charge is 0.0791 e. The van der Waals surface area contributed by atoms with Gasteiger partial charge in [0.25, 0.3) is 0 Å². The van der Waals surface area contributed by atoms with Gasteiger partial charge in [-0.3, -0.25) is 4.68 Å². The molecule has 92 valence electrons. The van der Waals surface area contributed by atoms with E-state index >= 15 is 0 Å². The molecule has 0 saturated heterocycles. The number of aryl methyl sites for hydroxylation is 1. The summed E-state index contributed by atoms with van der Waals surface area (Å²) < 4.78 is 1.80. The first-order valence-corrected chi connectivity index (χ1v) is 5.59. The highest BCUT2D eigenvalue weighted by Gasteiger charge is 2.04. The predicted molar refractivity (Wildman–Crippen MR) is 64.3 cm³/mol. The van der Waals surface area contributed by atoms with E-state index in [9.17, 15) is 5.11 Å². The molecule has 0 amide bonds. The largest absolute Gasteiger partial charge is 0.390 e. The second kappa shape index (κ2) is 6.62. The van der Waals surface area contributed by atoms with E-state index in [-0.39, 0.29) is 6.10 Å². The topological polar surface area (TPSA) is 53.3 Å². The summed E-state index contributed by atoms with van der Waals surface area (Å²) in [4.78, 5) is 1.98. The quantitative estimate of drug-likeness (QED) is 0.614. The minimum Gasteiger partial charge on any atom is -0.390 e. The summed E-state index contributed by atoms with van der Waals surface area (Å²) in [7, 11) is 5.83. The summed E-state index contributed by atoms with van der Waals surface area (Å²) in [5.74, 6) is 0. The Bertz CT molecular complexity index is 298.